The standard InChI is InChI=1S/C20H23ClFN5OS/c1-11-15(8-13-6-7-14(22)9-16(13)21)12(2)27-18(23-11)24-19(26-27)29-10-17(28)25-20(3,4)5/h6-7,9H,8,10H2,1-5H3,(H,25,28). The Labute approximate surface area is 178 Å². The van der Waals surface area contributed by atoms with Crippen LogP contribution in [0.25, 0.3) is 5.78 Å². The molecule has 0 bridgehead atoms. The lowest BCUT2D eigenvalue weighted by Crippen LogP contribution is -2.41. The van der Waals surface area contributed by atoms with Gasteiger partial charge in [0.15, 0.2) is 0 Å². The molecule has 0 saturated heterocycles. The Morgan fingerprint density at radius 1 is 1.28 bits per heavy atom. The van der Waals surface area contributed by atoms with E-state index >= 15 is 0 Å². The number of hydrogen-bond acceptors (Lipinski definition) is 5. The Bertz CT molecular complexity index is 1080. The summed E-state index contributed by atoms with van der Waals surface area (Å²) in [5.41, 5.74) is 3.18. The number of carbonyl (C=O) groups excluding carboxylic acids is 1. The maximum atomic E-state index is 13.3. The summed E-state index contributed by atoms with van der Waals surface area (Å²) < 4.78 is 15.0. The van der Waals surface area contributed by atoms with Gasteiger partial charge in [0.1, 0.15) is 5.82 Å². The van der Waals surface area contributed by atoms with E-state index in [1.165, 1.54) is 23.9 Å². The summed E-state index contributed by atoms with van der Waals surface area (Å²) in [6.07, 6.45) is 0.510. The molecule has 2 heterocycles. The van der Waals surface area contributed by atoms with Crippen LogP contribution in [0.1, 0.15) is 43.3 Å². The van der Waals surface area contributed by atoms with E-state index in [1.54, 1.807) is 10.6 Å². The molecule has 3 aromatic rings. The van der Waals surface area contributed by atoms with Crippen LogP contribution in [-0.2, 0) is 11.2 Å². The molecule has 0 spiro atoms. The predicted molar refractivity (Wildman–Crippen MR) is 113 cm³/mol. The fraction of sp³-hybridized carbons (Fsp3) is 0.400. The largest absolute Gasteiger partial charge is 0.351 e. The van der Waals surface area contributed by atoms with Gasteiger partial charge >= 0.3 is 0 Å². The fourth-order valence-corrected chi connectivity index (χ4v) is 3.80. The smallest absolute Gasteiger partial charge is 0.253 e. The van der Waals surface area contributed by atoms with Crippen LogP contribution in [-0.4, -0.2) is 36.8 Å². The molecule has 3 rings (SSSR count). The average molecular weight is 436 g/mol. The predicted octanol–water partition coefficient (Wildman–Crippen LogP) is 4.13. The van der Waals surface area contributed by atoms with Crippen molar-refractivity contribution < 1.29 is 9.18 Å². The zero-order valence-electron chi connectivity index (χ0n) is 17.0. The summed E-state index contributed by atoms with van der Waals surface area (Å²) in [5, 5.41) is 8.27. The molecule has 0 aliphatic carbocycles. The number of aromatic nitrogens is 4. The van der Waals surface area contributed by atoms with Crippen molar-refractivity contribution in [2.75, 3.05) is 5.75 Å². The van der Waals surface area contributed by atoms with E-state index in [2.05, 4.69) is 20.4 Å². The molecule has 2 aromatic heterocycles. The van der Waals surface area contributed by atoms with Crippen LogP contribution in [0.15, 0.2) is 23.4 Å². The summed E-state index contributed by atoms with van der Waals surface area (Å²) >= 11 is 7.45. The first-order valence-corrected chi connectivity index (χ1v) is 10.5. The highest BCUT2D eigenvalue weighted by atomic mass is 35.5. The molecule has 0 saturated carbocycles. The second-order valence-corrected chi connectivity index (χ2v) is 9.22. The first-order valence-electron chi connectivity index (χ1n) is 9.14. The first kappa shape index (κ1) is 21.5. The van der Waals surface area contributed by atoms with E-state index in [1.807, 2.05) is 34.6 Å². The lowest BCUT2D eigenvalue weighted by atomic mass is 10.0. The van der Waals surface area contributed by atoms with Gasteiger partial charge < -0.3 is 5.32 Å². The number of benzene rings is 1. The highest BCUT2D eigenvalue weighted by Crippen LogP contribution is 2.24. The van der Waals surface area contributed by atoms with E-state index in [4.69, 9.17) is 11.6 Å². The molecule has 1 aromatic carbocycles. The maximum Gasteiger partial charge on any atom is 0.253 e. The number of halogens is 2. The molecule has 29 heavy (non-hydrogen) atoms. The molecule has 0 fully saturated rings. The van der Waals surface area contributed by atoms with Crippen molar-refractivity contribution in [2.24, 2.45) is 0 Å². The number of amides is 1. The van der Waals surface area contributed by atoms with E-state index < -0.39 is 0 Å². The summed E-state index contributed by atoms with van der Waals surface area (Å²) in [7, 11) is 0. The van der Waals surface area contributed by atoms with Gasteiger partial charge in [-0.3, -0.25) is 4.79 Å². The van der Waals surface area contributed by atoms with Crippen LogP contribution in [0, 0.1) is 19.7 Å². The molecular formula is C20H23ClFN5OS. The van der Waals surface area contributed by atoms with Crippen LogP contribution >= 0.6 is 23.4 Å². The lowest BCUT2D eigenvalue weighted by Gasteiger charge is -2.19. The highest BCUT2D eigenvalue weighted by Gasteiger charge is 2.18. The second-order valence-electron chi connectivity index (χ2n) is 7.87. The monoisotopic (exact) mass is 435 g/mol. The minimum atomic E-state index is -0.366. The van der Waals surface area contributed by atoms with Gasteiger partial charge in [-0.25, -0.2) is 13.9 Å². The summed E-state index contributed by atoms with van der Waals surface area (Å²) in [6, 6.07) is 4.38. The Kier molecular flexibility index (Phi) is 6.14. The van der Waals surface area contributed by atoms with Crippen LogP contribution in [0.2, 0.25) is 5.02 Å². The highest BCUT2D eigenvalue weighted by molar-refractivity contribution is 7.99. The van der Waals surface area contributed by atoms with Crippen molar-refractivity contribution in [3.05, 3.63) is 51.6 Å². The van der Waals surface area contributed by atoms with Crippen molar-refractivity contribution in [1.82, 2.24) is 24.9 Å². The second kappa shape index (κ2) is 8.28. The van der Waals surface area contributed by atoms with Gasteiger partial charge in [0.05, 0.1) is 5.75 Å². The fourth-order valence-electron chi connectivity index (χ4n) is 2.95. The maximum absolute atomic E-state index is 13.3. The number of aryl methyl sites for hydroxylation is 2. The normalized spacial score (nSPS) is 11.8. The zero-order chi connectivity index (χ0) is 21.3. The Morgan fingerprint density at radius 2 is 2.00 bits per heavy atom. The van der Waals surface area contributed by atoms with Crippen LogP contribution in [0.4, 0.5) is 4.39 Å². The average Bonchev–Trinajstić information content (AvgIpc) is 3.00. The summed E-state index contributed by atoms with van der Waals surface area (Å²) in [5.74, 6) is 0.264. The number of nitrogens with zero attached hydrogens (tertiary/aromatic N) is 4. The number of rotatable bonds is 5. The van der Waals surface area contributed by atoms with Crippen molar-refractivity contribution in [3.8, 4) is 0 Å². The molecule has 0 aliphatic rings. The van der Waals surface area contributed by atoms with Gasteiger partial charge in [0, 0.05) is 28.4 Å². The third-order valence-corrected chi connectivity index (χ3v) is 5.45. The van der Waals surface area contributed by atoms with Gasteiger partial charge in [-0.05, 0) is 57.9 Å². The first-order chi connectivity index (χ1) is 13.5. The molecule has 0 radical (unpaired) electrons. The van der Waals surface area contributed by atoms with Gasteiger partial charge in [0.25, 0.3) is 5.78 Å². The number of fused-ring (bicyclic) bond motifs is 1. The molecular weight excluding hydrogens is 413 g/mol. The van der Waals surface area contributed by atoms with Crippen LogP contribution < -0.4 is 5.32 Å². The van der Waals surface area contributed by atoms with E-state index in [0.29, 0.717) is 22.4 Å². The summed E-state index contributed by atoms with van der Waals surface area (Å²) in [6.45, 7) is 9.64. The van der Waals surface area contributed by atoms with Crippen molar-refractivity contribution in [1.29, 1.82) is 0 Å². The number of carbonyl (C=O) groups is 1. The van der Waals surface area contributed by atoms with E-state index in [-0.39, 0.29) is 23.0 Å². The minimum absolute atomic E-state index is 0.0751. The Morgan fingerprint density at radius 3 is 2.66 bits per heavy atom. The SMILES string of the molecule is Cc1nc2nc(SCC(=O)NC(C)(C)C)nn2c(C)c1Cc1ccc(F)cc1Cl. The van der Waals surface area contributed by atoms with E-state index in [0.717, 1.165) is 22.5 Å². The molecule has 1 N–H and O–H groups in total. The van der Waals surface area contributed by atoms with Crippen molar-refractivity contribution in [3.63, 3.8) is 0 Å². The molecule has 0 unspecified atom stereocenters. The Balaban J connectivity index is 1.84. The molecule has 1 amide bonds. The third kappa shape index (κ3) is 5.25. The van der Waals surface area contributed by atoms with Crippen molar-refractivity contribution >= 4 is 35.0 Å². The summed E-state index contributed by atoms with van der Waals surface area (Å²) in [4.78, 5) is 21.0. The number of hydrogen-bond donors (Lipinski definition) is 1. The number of thioether (sulfide) groups is 1. The molecule has 0 atom stereocenters. The van der Waals surface area contributed by atoms with Crippen LogP contribution in [0.5, 0.6) is 0 Å². The lowest BCUT2D eigenvalue weighted by molar-refractivity contribution is -0.119. The van der Waals surface area contributed by atoms with Gasteiger partial charge in [-0.15, -0.1) is 5.10 Å². The topological polar surface area (TPSA) is 72.2 Å². The van der Waals surface area contributed by atoms with Crippen molar-refractivity contribution in [2.45, 2.75) is 51.7 Å². The molecule has 6 nitrogen and oxygen atoms in total. The molecule has 9 heteroatoms. The Hall–Kier alpha value is -2.19. The van der Waals surface area contributed by atoms with E-state index in [9.17, 15) is 9.18 Å². The molecule has 154 valence electrons. The minimum Gasteiger partial charge on any atom is -0.351 e. The van der Waals surface area contributed by atoms with Crippen LogP contribution in [0.3, 0.4) is 0 Å². The van der Waals surface area contributed by atoms with Gasteiger partial charge in [-0.2, -0.15) is 4.98 Å². The van der Waals surface area contributed by atoms with Gasteiger partial charge in [0.2, 0.25) is 11.1 Å². The quantitative estimate of drug-likeness (QED) is 0.610. The third-order valence-electron chi connectivity index (χ3n) is 4.26. The zero-order valence-corrected chi connectivity index (χ0v) is 18.6. The van der Waals surface area contributed by atoms with Gasteiger partial charge in [-0.1, -0.05) is 29.4 Å². The molecule has 0 aliphatic heterocycles. The number of nitrogens with one attached hydrogen (secondary N) is 1.